The number of hydrogen-bond donors (Lipinski definition) is 0. The van der Waals surface area contributed by atoms with Crippen LogP contribution in [-0.2, 0) is 11.2 Å². The summed E-state index contributed by atoms with van der Waals surface area (Å²) in [5.41, 5.74) is 1.11. The van der Waals surface area contributed by atoms with Crippen LogP contribution in [0.15, 0.2) is 24.3 Å². The van der Waals surface area contributed by atoms with Crippen molar-refractivity contribution in [3.8, 4) is 5.75 Å². The summed E-state index contributed by atoms with van der Waals surface area (Å²) in [4.78, 5) is 10.5. The van der Waals surface area contributed by atoms with E-state index in [1.807, 2.05) is 38.1 Å². The predicted molar refractivity (Wildman–Crippen MR) is 56.5 cm³/mol. The molecule has 76 valence electrons. The standard InChI is InChI=1S/C12H16O2/c1-3-14-12-7-5-4-6-11(12)8-10(2)9-13/h4-7,9-10H,3,8H2,1-2H3. The molecule has 0 N–H and O–H groups in total. The van der Waals surface area contributed by atoms with E-state index in [2.05, 4.69) is 0 Å². The third kappa shape index (κ3) is 2.87. The number of hydrogen-bond acceptors (Lipinski definition) is 2. The minimum absolute atomic E-state index is 0.0524. The van der Waals surface area contributed by atoms with Crippen molar-refractivity contribution in [3.63, 3.8) is 0 Å². The molecule has 0 bridgehead atoms. The van der Waals surface area contributed by atoms with Gasteiger partial charge in [-0.05, 0) is 25.0 Å². The zero-order valence-electron chi connectivity index (χ0n) is 8.69. The molecule has 1 unspecified atom stereocenters. The summed E-state index contributed by atoms with van der Waals surface area (Å²) in [6.45, 7) is 4.53. The second-order valence-corrected chi connectivity index (χ2v) is 3.36. The molecule has 1 rings (SSSR count). The fraction of sp³-hybridized carbons (Fsp3) is 0.417. The second kappa shape index (κ2) is 5.43. The molecule has 0 aliphatic carbocycles. The number of rotatable bonds is 5. The first-order valence-corrected chi connectivity index (χ1v) is 4.94. The highest BCUT2D eigenvalue weighted by Gasteiger charge is 2.06. The van der Waals surface area contributed by atoms with Crippen molar-refractivity contribution in [1.82, 2.24) is 0 Å². The maximum absolute atomic E-state index is 10.5. The Bertz CT molecular complexity index is 294. The molecule has 1 atom stereocenters. The van der Waals surface area contributed by atoms with Crippen LogP contribution in [0.25, 0.3) is 0 Å². The molecular formula is C12H16O2. The molecule has 2 nitrogen and oxygen atoms in total. The highest BCUT2D eigenvalue weighted by Crippen LogP contribution is 2.20. The maximum Gasteiger partial charge on any atom is 0.123 e. The average Bonchev–Trinajstić information content (AvgIpc) is 2.21. The Kier molecular flexibility index (Phi) is 4.17. The minimum atomic E-state index is 0.0524. The smallest absolute Gasteiger partial charge is 0.123 e. The van der Waals surface area contributed by atoms with Crippen molar-refractivity contribution in [2.24, 2.45) is 5.92 Å². The van der Waals surface area contributed by atoms with Crippen molar-refractivity contribution in [2.45, 2.75) is 20.3 Å². The Labute approximate surface area is 84.9 Å². The van der Waals surface area contributed by atoms with E-state index in [1.165, 1.54) is 0 Å². The van der Waals surface area contributed by atoms with Crippen LogP contribution in [0.1, 0.15) is 19.4 Å². The van der Waals surface area contributed by atoms with E-state index in [0.717, 1.165) is 24.0 Å². The van der Waals surface area contributed by atoms with E-state index in [-0.39, 0.29) is 5.92 Å². The molecule has 1 aromatic rings. The molecule has 0 fully saturated rings. The molecule has 2 heteroatoms. The maximum atomic E-state index is 10.5. The van der Waals surface area contributed by atoms with Crippen molar-refractivity contribution >= 4 is 6.29 Å². The van der Waals surface area contributed by atoms with Crippen LogP contribution in [0.3, 0.4) is 0 Å². The van der Waals surface area contributed by atoms with Crippen molar-refractivity contribution in [3.05, 3.63) is 29.8 Å². The van der Waals surface area contributed by atoms with Crippen LogP contribution in [0, 0.1) is 5.92 Å². The van der Waals surface area contributed by atoms with Gasteiger partial charge < -0.3 is 9.53 Å². The first-order chi connectivity index (χ1) is 6.77. The van der Waals surface area contributed by atoms with Crippen LogP contribution in [0.4, 0.5) is 0 Å². The fourth-order valence-electron chi connectivity index (χ4n) is 1.36. The Morgan fingerprint density at radius 3 is 2.79 bits per heavy atom. The SMILES string of the molecule is CCOc1ccccc1CC(C)C=O. The predicted octanol–water partition coefficient (Wildman–Crippen LogP) is 2.46. The average molecular weight is 192 g/mol. The van der Waals surface area contributed by atoms with Crippen molar-refractivity contribution in [1.29, 1.82) is 0 Å². The van der Waals surface area contributed by atoms with Crippen LogP contribution in [0.5, 0.6) is 5.75 Å². The van der Waals surface area contributed by atoms with Gasteiger partial charge in [0.2, 0.25) is 0 Å². The molecule has 0 radical (unpaired) electrons. The molecule has 0 aliphatic heterocycles. The monoisotopic (exact) mass is 192 g/mol. The number of para-hydroxylation sites is 1. The molecule has 0 aliphatic rings. The van der Waals surface area contributed by atoms with E-state index < -0.39 is 0 Å². The lowest BCUT2D eigenvalue weighted by molar-refractivity contribution is -0.110. The number of aldehydes is 1. The van der Waals surface area contributed by atoms with E-state index >= 15 is 0 Å². The zero-order chi connectivity index (χ0) is 10.4. The summed E-state index contributed by atoms with van der Waals surface area (Å²) >= 11 is 0. The third-order valence-electron chi connectivity index (χ3n) is 2.05. The Morgan fingerprint density at radius 2 is 2.14 bits per heavy atom. The molecule has 0 aromatic heterocycles. The molecule has 0 heterocycles. The zero-order valence-corrected chi connectivity index (χ0v) is 8.69. The Balaban J connectivity index is 2.78. The molecule has 0 saturated heterocycles. The van der Waals surface area contributed by atoms with Crippen molar-refractivity contribution in [2.75, 3.05) is 6.61 Å². The quantitative estimate of drug-likeness (QED) is 0.670. The first-order valence-electron chi connectivity index (χ1n) is 4.94. The highest BCUT2D eigenvalue weighted by molar-refractivity contribution is 5.54. The third-order valence-corrected chi connectivity index (χ3v) is 2.05. The van der Waals surface area contributed by atoms with Gasteiger partial charge >= 0.3 is 0 Å². The van der Waals surface area contributed by atoms with E-state index in [0.29, 0.717) is 6.61 Å². The van der Waals surface area contributed by atoms with Gasteiger partial charge in [0, 0.05) is 5.92 Å². The lowest BCUT2D eigenvalue weighted by Crippen LogP contribution is -2.03. The fourth-order valence-corrected chi connectivity index (χ4v) is 1.36. The number of ether oxygens (including phenoxy) is 1. The van der Waals surface area contributed by atoms with Crippen LogP contribution < -0.4 is 4.74 Å². The summed E-state index contributed by atoms with van der Waals surface area (Å²) in [5.74, 6) is 0.945. The summed E-state index contributed by atoms with van der Waals surface area (Å²) in [5, 5.41) is 0. The molecule has 0 saturated carbocycles. The van der Waals surface area contributed by atoms with Gasteiger partial charge in [-0.25, -0.2) is 0 Å². The lowest BCUT2D eigenvalue weighted by atomic mass is 10.0. The summed E-state index contributed by atoms with van der Waals surface area (Å²) in [7, 11) is 0. The summed E-state index contributed by atoms with van der Waals surface area (Å²) < 4.78 is 5.47. The van der Waals surface area contributed by atoms with Crippen LogP contribution >= 0.6 is 0 Å². The van der Waals surface area contributed by atoms with Gasteiger partial charge in [-0.2, -0.15) is 0 Å². The molecule has 0 amide bonds. The van der Waals surface area contributed by atoms with E-state index in [4.69, 9.17) is 4.74 Å². The molecule has 14 heavy (non-hydrogen) atoms. The topological polar surface area (TPSA) is 26.3 Å². The Hall–Kier alpha value is -1.31. The number of carbonyl (C=O) groups is 1. The normalized spacial score (nSPS) is 12.1. The summed E-state index contributed by atoms with van der Waals surface area (Å²) in [6, 6.07) is 7.86. The second-order valence-electron chi connectivity index (χ2n) is 3.36. The van der Waals surface area contributed by atoms with Gasteiger partial charge in [0.25, 0.3) is 0 Å². The van der Waals surface area contributed by atoms with Gasteiger partial charge in [-0.15, -0.1) is 0 Å². The molecular weight excluding hydrogens is 176 g/mol. The van der Waals surface area contributed by atoms with Gasteiger partial charge in [0.1, 0.15) is 12.0 Å². The number of benzene rings is 1. The van der Waals surface area contributed by atoms with Crippen LogP contribution in [0.2, 0.25) is 0 Å². The van der Waals surface area contributed by atoms with Crippen LogP contribution in [-0.4, -0.2) is 12.9 Å². The lowest BCUT2D eigenvalue weighted by Gasteiger charge is -2.10. The first kappa shape index (κ1) is 10.8. The van der Waals surface area contributed by atoms with Gasteiger partial charge in [0.15, 0.2) is 0 Å². The van der Waals surface area contributed by atoms with Gasteiger partial charge in [-0.1, -0.05) is 25.1 Å². The minimum Gasteiger partial charge on any atom is -0.494 e. The van der Waals surface area contributed by atoms with E-state index in [1.54, 1.807) is 0 Å². The Morgan fingerprint density at radius 1 is 1.43 bits per heavy atom. The van der Waals surface area contributed by atoms with Gasteiger partial charge in [0.05, 0.1) is 6.61 Å². The molecule has 0 spiro atoms. The number of carbonyl (C=O) groups excluding carboxylic acids is 1. The molecule has 1 aromatic carbocycles. The van der Waals surface area contributed by atoms with Gasteiger partial charge in [-0.3, -0.25) is 0 Å². The largest absolute Gasteiger partial charge is 0.494 e. The summed E-state index contributed by atoms with van der Waals surface area (Å²) in [6.07, 6.45) is 1.72. The van der Waals surface area contributed by atoms with E-state index in [9.17, 15) is 4.79 Å². The van der Waals surface area contributed by atoms with Crippen molar-refractivity contribution < 1.29 is 9.53 Å². The highest BCUT2D eigenvalue weighted by atomic mass is 16.5.